The SMILES string of the molecule is CNCC1CCN(CC(C)SC)C1. The molecule has 0 aliphatic carbocycles. The summed E-state index contributed by atoms with van der Waals surface area (Å²) in [4.78, 5) is 2.60. The lowest BCUT2D eigenvalue weighted by molar-refractivity contribution is 0.327. The van der Waals surface area contributed by atoms with Gasteiger partial charge in [-0.15, -0.1) is 0 Å². The van der Waals surface area contributed by atoms with Crippen LogP contribution in [0.4, 0.5) is 0 Å². The number of nitrogens with zero attached hydrogens (tertiary/aromatic N) is 1. The summed E-state index contributed by atoms with van der Waals surface area (Å²) in [5.74, 6) is 0.888. The van der Waals surface area contributed by atoms with Gasteiger partial charge in [0.1, 0.15) is 0 Å². The second-order valence-electron chi connectivity index (χ2n) is 4.02. The van der Waals surface area contributed by atoms with Crippen molar-refractivity contribution in [3.05, 3.63) is 0 Å². The van der Waals surface area contributed by atoms with Crippen molar-refractivity contribution in [2.45, 2.75) is 18.6 Å². The van der Waals surface area contributed by atoms with Gasteiger partial charge in [-0.25, -0.2) is 0 Å². The Balaban J connectivity index is 2.17. The fraction of sp³-hybridized carbons (Fsp3) is 1.00. The maximum Gasteiger partial charge on any atom is 0.0143 e. The molecule has 1 aliphatic rings. The van der Waals surface area contributed by atoms with E-state index in [0.717, 1.165) is 11.2 Å². The second-order valence-corrected chi connectivity index (χ2v) is 5.29. The molecular formula is C10H22N2S. The molecule has 0 bridgehead atoms. The maximum atomic E-state index is 3.27. The van der Waals surface area contributed by atoms with E-state index in [1.165, 1.54) is 32.6 Å². The standard InChI is InChI=1S/C10H22N2S/c1-9(13-3)7-12-5-4-10(8-12)6-11-2/h9-11H,4-8H2,1-3H3. The number of nitrogens with one attached hydrogen (secondary N) is 1. The Morgan fingerprint density at radius 1 is 1.62 bits per heavy atom. The fourth-order valence-corrected chi connectivity index (χ4v) is 2.33. The summed E-state index contributed by atoms with van der Waals surface area (Å²) in [6.45, 7) is 7.37. The van der Waals surface area contributed by atoms with Crippen molar-refractivity contribution in [3.63, 3.8) is 0 Å². The van der Waals surface area contributed by atoms with Crippen LogP contribution in [0, 0.1) is 5.92 Å². The summed E-state index contributed by atoms with van der Waals surface area (Å²) >= 11 is 1.97. The molecule has 1 N–H and O–H groups in total. The van der Waals surface area contributed by atoms with E-state index in [1.54, 1.807) is 0 Å². The van der Waals surface area contributed by atoms with E-state index in [2.05, 4.69) is 23.4 Å². The summed E-state index contributed by atoms with van der Waals surface area (Å²) in [7, 11) is 2.05. The van der Waals surface area contributed by atoms with E-state index in [0.29, 0.717) is 0 Å². The third-order valence-corrected chi connectivity index (χ3v) is 3.73. The monoisotopic (exact) mass is 202 g/mol. The molecule has 0 radical (unpaired) electrons. The zero-order chi connectivity index (χ0) is 9.68. The Kier molecular flexibility index (Phi) is 5.14. The van der Waals surface area contributed by atoms with Crippen LogP contribution in [0.3, 0.4) is 0 Å². The van der Waals surface area contributed by atoms with Crippen molar-refractivity contribution in [2.24, 2.45) is 5.92 Å². The van der Waals surface area contributed by atoms with Gasteiger partial charge >= 0.3 is 0 Å². The highest BCUT2D eigenvalue weighted by molar-refractivity contribution is 7.99. The van der Waals surface area contributed by atoms with Crippen LogP contribution in [0.25, 0.3) is 0 Å². The smallest absolute Gasteiger partial charge is 0.0143 e. The van der Waals surface area contributed by atoms with Gasteiger partial charge in [0, 0.05) is 18.3 Å². The Bertz CT molecular complexity index is 141. The Labute approximate surface area is 86.5 Å². The summed E-state index contributed by atoms with van der Waals surface area (Å²) in [5.41, 5.74) is 0. The minimum atomic E-state index is 0.785. The highest BCUT2D eigenvalue weighted by Crippen LogP contribution is 2.17. The van der Waals surface area contributed by atoms with Crippen molar-refractivity contribution in [2.75, 3.05) is 39.5 Å². The number of hydrogen-bond acceptors (Lipinski definition) is 3. The minimum absolute atomic E-state index is 0.785. The van der Waals surface area contributed by atoms with Gasteiger partial charge in [-0.05, 0) is 38.7 Å². The highest BCUT2D eigenvalue weighted by atomic mass is 32.2. The molecular weight excluding hydrogens is 180 g/mol. The first kappa shape index (κ1) is 11.3. The molecule has 0 amide bonds. The topological polar surface area (TPSA) is 15.3 Å². The van der Waals surface area contributed by atoms with Crippen molar-refractivity contribution < 1.29 is 0 Å². The molecule has 3 heteroatoms. The zero-order valence-corrected chi connectivity index (χ0v) is 9.86. The Morgan fingerprint density at radius 2 is 2.38 bits per heavy atom. The molecule has 13 heavy (non-hydrogen) atoms. The lowest BCUT2D eigenvalue weighted by atomic mass is 10.1. The average Bonchev–Trinajstić information content (AvgIpc) is 2.53. The number of hydrogen-bond donors (Lipinski definition) is 1. The van der Waals surface area contributed by atoms with Crippen LogP contribution in [0.2, 0.25) is 0 Å². The molecule has 2 nitrogen and oxygen atoms in total. The molecule has 0 saturated carbocycles. The van der Waals surface area contributed by atoms with Crippen molar-refractivity contribution >= 4 is 11.8 Å². The van der Waals surface area contributed by atoms with Gasteiger partial charge < -0.3 is 10.2 Å². The van der Waals surface area contributed by atoms with E-state index in [4.69, 9.17) is 0 Å². The Morgan fingerprint density at radius 3 is 3.00 bits per heavy atom. The number of thioether (sulfide) groups is 1. The van der Waals surface area contributed by atoms with Crippen LogP contribution < -0.4 is 5.32 Å². The summed E-state index contributed by atoms with van der Waals surface area (Å²) in [5, 5.41) is 4.05. The van der Waals surface area contributed by atoms with Gasteiger partial charge in [0.05, 0.1) is 0 Å². The van der Waals surface area contributed by atoms with Crippen LogP contribution in [-0.2, 0) is 0 Å². The molecule has 1 saturated heterocycles. The van der Waals surface area contributed by atoms with Gasteiger partial charge in [0.25, 0.3) is 0 Å². The normalized spacial score (nSPS) is 26.5. The maximum absolute atomic E-state index is 3.27. The molecule has 1 aliphatic heterocycles. The van der Waals surface area contributed by atoms with E-state index in [9.17, 15) is 0 Å². The van der Waals surface area contributed by atoms with Gasteiger partial charge in [-0.1, -0.05) is 6.92 Å². The molecule has 2 atom stereocenters. The molecule has 0 aromatic heterocycles. The van der Waals surface area contributed by atoms with E-state index in [-0.39, 0.29) is 0 Å². The lowest BCUT2D eigenvalue weighted by Crippen LogP contribution is -2.29. The van der Waals surface area contributed by atoms with Crippen LogP contribution in [0.5, 0.6) is 0 Å². The predicted octanol–water partition coefficient (Wildman–Crippen LogP) is 1.28. The van der Waals surface area contributed by atoms with E-state index >= 15 is 0 Å². The summed E-state index contributed by atoms with van der Waals surface area (Å²) in [6, 6.07) is 0. The highest BCUT2D eigenvalue weighted by Gasteiger charge is 2.22. The van der Waals surface area contributed by atoms with Crippen molar-refractivity contribution in [1.82, 2.24) is 10.2 Å². The van der Waals surface area contributed by atoms with Gasteiger partial charge in [0.15, 0.2) is 0 Å². The van der Waals surface area contributed by atoms with Gasteiger partial charge in [-0.3, -0.25) is 0 Å². The van der Waals surface area contributed by atoms with Crippen LogP contribution in [0.15, 0.2) is 0 Å². The molecule has 1 heterocycles. The fourth-order valence-electron chi connectivity index (χ4n) is 1.97. The molecule has 1 fully saturated rings. The first-order chi connectivity index (χ1) is 6.26. The Hall–Kier alpha value is 0.270. The van der Waals surface area contributed by atoms with E-state index in [1.807, 2.05) is 18.8 Å². The third kappa shape index (κ3) is 3.88. The summed E-state index contributed by atoms with van der Waals surface area (Å²) in [6.07, 6.45) is 3.58. The molecule has 0 spiro atoms. The molecule has 78 valence electrons. The summed E-state index contributed by atoms with van der Waals surface area (Å²) < 4.78 is 0. The second kappa shape index (κ2) is 5.89. The largest absolute Gasteiger partial charge is 0.319 e. The number of likely N-dealkylation sites (tertiary alicyclic amines) is 1. The lowest BCUT2D eigenvalue weighted by Gasteiger charge is -2.19. The zero-order valence-electron chi connectivity index (χ0n) is 9.05. The predicted molar refractivity (Wildman–Crippen MR) is 61.5 cm³/mol. The average molecular weight is 202 g/mol. The molecule has 0 aromatic carbocycles. The first-order valence-electron chi connectivity index (χ1n) is 5.16. The minimum Gasteiger partial charge on any atom is -0.319 e. The first-order valence-corrected chi connectivity index (χ1v) is 6.44. The molecule has 0 aromatic rings. The van der Waals surface area contributed by atoms with Gasteiger partial charge in [-0.2, -0.15) is 11.8 Å². The number of rotatable bonds is 5. The van der Waals surface area contributed by atoms with E-state index < -0.39 is 0 Å². The van der Waals surface area contributed by atoms with Crippen LogP contribution in [-0.4, -0.2) is 49.6 Å². The van der Waals surface area contributed by atoms with Crippen molar-refractivity contribution in [3.8, 4) is 0 Å². The molecule has 2 unspecified atom stereocenters. The molecule has 1 rings (SSSR count). The quantitative estimate of drug-likeness (QED) is 0.723. The van der Waals surface area contributed by atoms with Gasteiger partial charge in [0.2, 0.25) is 0 Å². The van der Waals surface area contributed by atoms with Crippen LogP contribution >= 0.6 is 11.8 Å². The van der Waals surface area contributed by atoms with Crippen LogP contribution in [0.1, 0.15) is 13.3 Å². The third-order valence-electron chi connectivity index (χ3n) is 2.78. The van der Waals surface area contributed by atoms with Crippen molar-refractivity contribution in [1.29, 1.82) is 0 Å².